The Labute approximate surface area is 138 Å². The lowest BCUT2D eigenvalue weighted by Crippen LogP contribution is -2.40. The first-order valence-corrected chi connectivity index (χ1v) is 9.75. The second-order valence-electron chi connectivity index (χ2n) is 6.53. The molecule has 1 atom stereocenters. The Balaban J connectivity index is 2.08. The van der Waals surface area contributed by atoms with Crippen LogP contribution in [0.1, 0.15) is 50.8 Å². The Kier molecular flexibility index (Phi) is 5.33. The van der Waals surface area contributed by atoms with Crippen molar-refractivity contribution in [2.24, 2.45) is 0 Å². The zero-order chi connectivity index (χ0) is 17.1. The lowest BCUT2D eigenvalue weighted by Gasteiger charge is -2.38. The predicted molar refractivity (Wildman–Crippen MR) is 90.2 cm³/mol. The van der Waals surface area contributed by atoms with E-state index in [2.05, 4.69) is 11.4 Å². The van der Waals surface area contributed by atoms with Crippen LogP contribution in [0.5, 0.6) is 5.75 Å². The molecule has 0 aliphatic carbocycles. The van der Waals surface area contributed by atoms with Crippen LogP contribution in [0.2, 0.25) is 0 Å². The first-order valence-electron chi connectivity index (χ1n) is 7.93. The van der Waals surface area contributed by atoms with E-state index in [4.69, 9.17) is 10.00 Å². The molecule has 6 heteroatoms. The normalized spacial score (nSPS) is 19.5. The van der Waals surface area contributed by atoms with Gasteiger partial charge >= 0.3 is 0 Å². The molecule has 1 unspecified atom stereocenters. The van der Waals surface area contributed by atoms with Gasteiger partial charge < -0.3 is 10.1 Å². The summed E-state index contributed by atoms with van der Waals surface area (Å²) in [6.07, 6.45) is 1.36. The van der Waals surface area contributed by atoms with E-state index in [1.807, 2.05) is 26.0 Å². The fourth-order valence-electron chi connectivity index (χ4n) is 2.82. The highest BCUT2D eigenvalue weighted by Gasteiger charge is 2.33. The van der Waals surface area contributed by atoms with Crippen LogP contribution in [0.15, 0.2) is 18.2 Å². The summed E-state index contributed by atoms with van der Waals surface area (Å²) in [4.78, 5) is 0. The minimum absolute atomic E-state index is 0.0615. The van der Waals surface area contributed by atoms with Crippen LogP contribution in [0.4, 0.5) is 0 Å². The van der Waals surface area contributed by atoms with Crippen LogP contribution < -0.4 is 10.1 Å². The summed E-state index contributed by atoms with van der Waals surface area (Å²) in [5.41, 5.74) is 1.28. The molecule has 5 nitrogen and oxygen atoms in total. The molecule has 0 radical (unpaired) electrons. The maximum atomic E-state index is 11.6. The molecule has 2 rings (SSSR count). The highest BCUT2D eigenvalue weighted by Crippen LogP contribution is 2.39. The van der Waals surface area contributed by atoms with E-state index in [1.165, 1.54) is 0 Å². The van der Waals surface area contributed by atoms with E-state index in [-0.39, 0.29) is 23.1 Å². The van der Waals surface area contributed by atoms with E-state index in [0.29, 0.717) is 18.5 Å². The molecule has 1 N–H and O–H groups in total. The zero-order valence-corrected chi connectivity index (χ0v) is 14.7. The smallest absolute Gasteiger partial charge is 0.150 e. The van der Waals surface area contributed by atoms with Crippen LogP contribution >= 0.6 is 0 Å². The topological polar surface area (TPSA) is 79.2 Å². The number of fused-ring (bicyclic) bond motifs is 1. The van der Waals surface area contributed by atoms with Crippen molar-refractivity contribution in [2.45, 2.75) is 45.3 Å². The van der Waals surface area contributed by atoms with E-state index in [9.17, 15) is 8.42 Å². The van der Waals surface area contributed by atoms with Gasteiger partial charge in [-0.2, -0.15) is 5.26 Å². The standard InChI is InChI=1S/C17H24N2O3S/c1-4-23(20,21)9-5-8-19-15-11-17(2,3)22-16-7-6-13(12-18)10-14(15)16/h6-7,10,15,19H,4-5,8-9,11H2,1-3H3. The molecule has 0 spiro atoms. The van der Waals surface area contributed by atoms with Gasteiger partial charge in [0.15, 0.2) is 0 Å². The summed E-state index contributed by atoms with van der Waals surface area (Å²) in [6, 6.07) is 7.66. The zero-order valence-electron chi connectivity index (χ0n) is 13.9. The Morgan fingerprint density at radius 1 is 1.43 bits per heavy atom. The van der Waals surface area contributed by atoms with Crippen molar-refractivity contribution < 1.29 is 13.2 Å². The molecular formula is C17H24N2O3S. The molecule has 0 bridgehead atoms. The van der Waals surface area contributed by atoms with Gasteiger partial charge in [-0.3, -0.25) is 0 Å². The van der Waals surface area contributed by atoms with Gasteiger partial charge in [-0.25, -0.2) is 8.42 Å². The number of nitrogens with one attached hydrogen (secondary N) is 1. The van der Waals surface area contributed by atoms with Crippen LogP contribution in [0.25, 0.3) is 0 Å². The fourth-order valence-corrected chi connectivity index (χ4v) is 3.69. The van der Waals surface area contributed by atoms with Gasteiger partial charge in [0.2, 0.25) is 0 Å². The second kappa shape index (κ2) is 6.90. The maximum Gasteiger partial charge on any atom is 0.150 e. The summed E-state index contributed by atoms with van der Waals surface area (Å²) in [6.45, 7) is 6.36. The Morgan fingerprint density at radius 2 is 2.17 bits per heavy atom. The van der Waals surface area contributed by atoms with Gasteiger partial charge in [-0.05, 0) is 45.0 Å². The summed E-state index contributed by atoms with van der Waals surface area (Å²) >= 11 is 0. The highest BCUT2D eigenvalue weighted by atomic mass is 32.2. The first kappa shape index (κ1) is 17.8. The van der Waals surface area contributed by atoms with Crippen molar-refractivity contribution in [3.63, 3.8) is 0 Å². The first-order chi connectivity index (χ1) is 10.8. The Hall–Kier alpha value is -1.58. The third kappa shape index (κ3) is 4.69. The molecule has 0 aromatic heterocycles. The lowest BCUT2D eigenvalue weighted by atomic mass is 9.89. The number of sulfone groups is 1. The van der Waals surface area contributed by atoms with Crippen molar-refractivity contribution >= 4 is 9.84 Å². The maximum absolute atomic E-state index is 11.6. The third-order valence-corrected chi connectivity index (χ3v) is 5.85. The lowest BCUT2D eigenvalue weighted by molar-refractivity contribution is 0.0661. The summed E-state index contributed by atoms with van der Waals surface area (Å²) in [5.74, 6) is 1.18. The Bertz CT molecular complexity index is 705. The van der Waals surface area contributed by atoms with E-state index < -0.39 is 9.84 Å². The van der Waals surface area contributed by atoms with E-state index >= 15 is 0 Å². The molecule has 126 valence electrons. The highest BCUT2D eigenvalue weighted by molar-refractivity contribution is 7.91. The van der Waals surface area contributed by atoms with Crippen molar-refractivity contribution in [3.05, 3.63) is 29.3 Å². The van der Waals surface area contributed by atoms with Gasteiger partial charge in [0.25, 0.3) is 0 Å². The predicted octanol–water partition coefficient (Wildman–Crippen LogP) is 2.57. The number of ether oxygens (including phenoxy) is 1. The minimum Gasteiger partial charge on any atom is -0.487 e. The van der Waals surface area contributed by atoms with E-state index in [1.54, 1.807) is 13.0 Å². The summed E-state index contributed by atoms with van der Waals surface area (Å²) in [5, 5.41) is 12.5. The molecule has 0 fully saturated rings. The van der Waals surface area contributed by atoms with Gasteiger partial charge in [-0.1, -0.05) is 6.92 Å². The molecule has 23 heavy (non-hydrogen) atoms. The fraction of sp³-hybridized carbons (Fsp3) is 0.588. The van der Waals surface area contributed by atoms with Gasteiger partial charge in [0.1, 0.15) is 21.2 Å². The molecule has 0 saturated heterocycles. The monoisotopic (exact) mass is 336 g/mol. The average molecular weight is 336 g/mol. The van der Waals surface area contributed by atoms with Crippen molar-refractivity contribution in [1.82, 2.24) is 5.32 Å². The molecule has 0 amide bonds. The van der Waals surface area contributed by atoms with E-state index in [0.717, 1.165) is 17.7 Å². The average Bonchev–Trinajstić information content (AvgIpc) is 2.50. The quantitative estimate of drug-likeness (QED) is 0.808. The molecule has 0 saturated carbocycles. The molecule has 1 aliphatic rings. The van der Waals surface area contributed by atoms with Gasteiger partial charge in [0, 0.05) is 23.8 Å². The van der Waals surface area contributed by atoms with Crippen LogP contribution in [-0.2, 0) is 9.84 Å². The van der Waals surface area contributed by atoms with Crippen LogP contribution in [-0.4, -0.2) is 32.1 Å². The number of hydrogen-bond acceptors (Lipinski definition) is 5. The third-order valence-electron chi connectivity index (χ3n) is 4.06. The molecule has 1 heterocycles. The number of hydrogen-bond donors (Lipinski definition) is 1. The molecular weight excluding hydrogens is 312 g/mol. The number of rotatable bonds is 6. The Morgan fingerprint density at radius 3 is 2.83 bits per heavy atom. The number of benzene rings is 1. The number of nitriles is 1. The molecule has 1 aromatic carbocycles. The SMILES string of the molecule is CCS(=O)(=O)CCCNC1CC(C)(C)Oc2ccc(C#N)cc21. The number of nitrogens with zero attached hydrogens (tertiary/aromatic N) is 1. The molecule has 1 aromatic rings. The second-order valence-corrected chi connectivity index (χ2v) is 9.00. The molecule has 1 aliphatic heterocycles. The summed E-state index contributed by atoms with van der Waals surface area (Å²) in [7, 11) is -2.92. The van der Waals surface area contributed by atoms with Crippen LogP contribution in [0, 0.1) is 11.3 Å². The van der Waals surface area contributed by atoms with Gasteiger partial charge in [0.05, 0.1) is 17.4 Å². The van der Waals surface area contributed by atoms with Crippen molar-refractivity contribution in [3.8, 4) is 11.8 Å². The van der Waals surface area contributed by atoms with Crippen molar-refractivity contribution in [1.29, 1.82) is 5.26 Å². The minimum atomic E-state index is -2.92. The van der Waals surface area contributed by atoms with Crippen LogP contribution in [0.3, 0.4) is 0 Å². The largest absolute Gasteiger partial charge is 0.487 e. The van der Waals surface area contributed by atoms with Gasteiger partial charge in [-0.15, -0.1) is 0 Å². The summed E-state index contributed by atoms with van der Waals surface area (Å²) < 4.78 is 29.1. The van der Waals surface area contributed by atoms with Crippen molar-refractivity contribution in [2.75, 3.05) is 18.1 Å².